The average Bonchev–Trinajstić information content (AvgIpc) is 3.41. The van der Waals surface area contributed by atoms with E-state index in [4.69, 9.17) is 49.6 Å². The van der Waals surface area contributed by atoms with Crippen LogP contribution < -0.4 is 18.9 Å². The van der Waals surface area contributed by atoms with Crippen LogP contribution in [0.15, 0.2) is 10.8 Å². The van der Waals surface area contributed by atoms with Crippen LogP contribution in [0.4, 0.5) is 0 Å². The number of hydrogen-bond acceptors (Lipinski definition) is 12. The summed E-state index contributed by atoms with van der Waals surface area (Å²) in [6.45, 7) is 0. The molecule has 0 aromatic carbocycles. The van der Waals surface area contributed by atoms with Crippen LogP contribution in [0.5, 0.6) is 23.0 Å². The molecule has 2 aromatic heterocycles. The molecule has 4 heterocycles. The Labute approximate surface area is 219 Å². The molecule has 2 aromatic rings. The highest BCUT2D eigenvalue weighted by Gasteiger charge is 2.46. The minimum absolute atomic E-state index is 0. The summed E-state index contributed by atoms with van der Waals surface area (Å²) in [5, 5.41) is 56.3. The van der Waals surface area contributed by atoms with Gasteiger partial charge >= 0.3 is 35.8 Å². The number of hydrogen-bond donors (Lipinski definition) is 6. The summed E-state index contributed by atoms with van der Waals surface area (Å²) in [6, 6.07) is 0. The second-order valence-electron chi connectivity index (χ2n) is 6.64. The van der Waals surface area contributed by atoms with Crippen LogP contribution in [0.1, 0.15) is 34.2 Å². The quantitative estimate of drug-likeness (QED) is 0.283. The molecule has 2 aliphatic heterocycles. The minimum atomic E-state index is -2.00. The highest BCUT2D eigenvalue weighted by Crippen LogP contribution is 2.46. The zero-order valence-corrected chi connectivity index (χ0v) is 18.7. The predicted molar refractivity (Wildman–Crippen MR) is 124 cm³/mol. The van der Waals surface area contributed by atoms with E-state index < -0.39 is 81.5 Å². The van der Waals surface area contributed by atoms with Crippen molar-refractivity contribution in [1.82, 2.24) is 0 Å². The monoisotopic (exact) mass is 580 g/mol. The maximum absolute atomic E-state index is 11.0. The van der Waals surface area contributed by atoms with E-state index in [1.54, 1.807) is 10.8 Å². The first kappa shape index (κ1) is 31.4. The number of carbonyl (C=O) groups is 6. The number of carboxylic acids is 6. The number of ether oxygens (including phenoxy) is 4. The number of fused-ring (bicyclic) bond motifs is 2. The molecule has 0 fully saturated rings. The van der Waals surface area contributed by atoms with Gasteiger partial charge < -0.3 is 49.6 Å². The van der Waals surface area contributed by atoms with Gasteiger partial charge in [-0.15, -0.1) is 22.7 Å². The molecular formula is C20H20O16S2. The molecule has 4 atom stereocenters. The second-order valence-corrected chi connectivity index (χ2v) is 8.40. The first-order chi connectivity index (χ1) is 16.8. The summed E-state index contributed by atoms with van der Waals surface area (Å²) < 4.78 is 19.7. The van der Waals surface area contributed by atoms with Gasteiger partial charge in [-0.05, 0) is 0 Å². The first-order valence-corrected chi connectivity index (χ1v) is 10.9. The number of thiophene rings is 2. The SMILES string of the molecule is C.C.O=C(O)C1Oc2cscc2OC1C(=O)O.O=C(O)c1sc(C(=O)O)c2c1OC(C(=O)O)C(C(=O)O)O2. The molecule has 2 aliphatic rings. The van der Waals surface area contributed by atoms with Gasteiger partial charge in [-0.3, -0.25) is 0 Å². The standard InChI is InChI=1S/C10H6O10S.C8H6O6S.2CH4/c11-7(12)3-4(8(13)14)20-2-1(19-3)5(9(15)16)21-6(2)10(17)18;9-7(10)5-6(8(11)12)14-4-2-15-1-3(4)13-5;;/h3-4H,(H,11,12)(H,13,14)(H,15,16)(H,17,18);1-2,5-6H,(H,9,10)(H,11,12);2*1H4. The lowest BCUT2D eigenvalue weighted by molar-refractivity contribution is -0.164. The third-order valence-electron chi connectivity index (χ3n) is 4.33. The average molecular weight is 580 g/mol. The molecule has 0 saturated heterocycles. The van der Waals surface area contributed by atoms with Crippen LogP contribution >= 0.6 is 22.7 Å². The van der Waals surface area contributed by atoms with Gasteiger partial charge in [0.2, 0.25) is 24.4 Å². The van der Waals surface area contributed by atoms with Crippen molar-refractivity contribution in [3.8, 4) is 23.0 Å². The van der Waals surface area contributed by atoms with Gasteiger partial charge in [-0.25, -0.2) is 28.8 Å². The molecule has 0 bridgehead atoms. The maximum atomic E-state index is 11.0. The van der Waals surface area contributed by atoms with Gasteiger partial charge in [0.1, 0.15) is 0 Å². The van der Waals surface area contributed by atoms with Crippen LogP contribution in [0.25, 0.3) is 0 Å². The van der Waals surface area contributed by atoms with Gasteiger partial charge in [0, 0.05) is 10.8 Å². The Kier molecular flexibility index (Phi) is 10.0. The fourth-order valence-corrected chi connectivity index (χ4v) is 4.34. The lowest BCUT2D eigenvalue weighted by Crippen LogP contribution is -2.49. The van der Waals surface area contributed by atoms with Crippen molar-refractivity contribution in [2.45, 2.75) is 39.3 Å². The van der Waals surface area contributed by atoms with E-state index in [0.29, 0.717) is 0 Å². The van der Waals surface area contributed by atoms with Crippen molar-refractivity contribution in [3.05, 3.63) is 20.5 Å². The Morgan fingerprint density at radius 3 is 1.11 bits per heavy atom. The molecule has 0 saturated carbocycles. The van der Waals surface area contributed by atoms with Gasteiger partial charge in [0.05, 0.1) is 0 Å². The molecule has 0 aliphatic carbocycles. The van der Waals surface area contributed by atoms with E-state index in [1.807, 2.05) is 0 Å². The molecule has 18 heteroatoms. The van der Waals surface area contributed by atoms with Crippen LogP contribution in [-0.4, -0.2) is 90.9 Å². The van der Waals surface area contributed by atoms with Crippen molar-refractivity contribution < 1.29 is 78.4 Å². The Balaban J connectivity index is 0.000000378. The fraction of sp³-hybridized carbons (Fsp3) is 0.300. The lowest BCUT2D eigenvalue weighted by Gasteiger charge is -2.27. The third kappa shape index (κ3) is 6.03. The Bertz CT molecular complexity index is 1170. The molecule has 6 N–H and O–H groups in total. The van der Waals surface area contributed by atoms with Gasteiger partial charge in [-0.1, -0.05) is 14.9 Å². The van der Waals surface area contributed by atoms with E-state index in [-0.39, 0.29) is 37.7 Å². The van der Waals surface area contributed by atoms with E-state index in [1.165, 1.54) is 11.3 Å². The summed E-state index contributed by atoms with van der Waals surface area (Å²) in [5.74, 6) is -9.87. The first-order valence-electron chi connectivity index (χ1n) is 9.10. The molecule has 4 unspecified atom stereocenters. The largest absolute Gasteiger partial charge is 0.478 e. The summed E-state index contributed by atoms with van der Waals surface area (Å²) in [7, 11) is 0. The topological polar surface area (TPSA) is 261 Å². The predicted octanol–water partition coefficient (Wildman–Crippen LogP) is 1.52. The van der Waals surface area contributed by atoms with Crippen LogP contribution in [-0.2, 0) is 19.2 Å². The summed E-state index contributed by atoms with van der Waals surface area (Å²) in [4.78, 5) is 64.3. The molecule has 4 rings (SSSR count). The van der Waals surface area contributed by atoms with Crippen molar-refractivity contribution in [2.75, 3.05) is 0 Å². The third-order valence-corrected chi connectivity index (χ3v) is 6.15. The lowest BCUT2D eigenvalue weighted by atomic mass is 10.1. The highest BCUT2D eigenvalue weighted by molar-refractivity contribution is 7.16. The Morgan fingerprint density at radius 2 is 0.842 bits per heavy atom. The zero-order chi connectivity index (χ0) is 26.9. The summed E-state index contributed by atoms with van der Waals surface area (Å²) >= 11 is 1.53. The zero-order valence-electron chi connectivity index (χ0n) is 17.0. The molecule has 0 radical (unpaired) electrons. The molecule has 16 nitrogen and oxygen atoms in total. The van der Waals surface area contributed by atoms with Crippen molar-refractivity contribution in [3.63, 3.8) is 0 Å². The normalized spacial score (nSPS) is 20.2. The number of rotatable bonds is 6. The molecule has 0 spiro atoms. The number of carboxylic acid groups (broad SMARTS) is 6. The summed E-state index contributed by atoms with van der Waals surface area (Å²) in [6.07, 6.45) is -7.01. The van der Waals surface area contributed by atoms with Gasteiger partial charge in [0.15, 0.2) is 32.8 Å². The second kappa shape index (κ2) is 12.1. The minimum Gasteiger partial charge on any atom is -0.478 e. The smallest absolute Gasteiger partial charge is 0.349 e. The van der Waals surface area contributed by atoms with E-state index in [2.05, 4.69) is 0 Å². The van der Waals surface area contributed by atoms with Crippen LogP contribution in [0, 0.1) is 0 Å². The fourth-order valence-electron chi connectivity index (χ4n) is 2.84. The van der Waals surface area contributed by atoms with Gasteiger partial charge in [0.25, 0.3) is 0 Å². The number of aromatic carboxylic acids is 2. The van der Waals surface area contributed by atoms with E-state index in [0.717, 1.165) is 0 Å². The highest BCUT2D eigenvalue weighted by atomic mass is 32.1. The number of aliphatic carboxylic acids is 4. The molecule has 38 heavy (non-hydrogen) atoms. The van der Waals surface area contributed by atoms with Crippen molar-refractivity contribution in [1.29, 1.82) is 0 Å². The van der Waals surface area contributed by atoms with E-state index in [9.17, 15) is 28.8 Å². The Morgan fingerprint density at radius 1 is 0.553 bits per heavy atom. The molecule has 0 amide bonds. The maximum Gasteiger partial charge on any atom is 0.349 e. The van der Waals surface area contributed by atoms with Crippen molar-refractivity contribution in [2.24, 2.45) is 0 Å². The van der Waals surface area contributed by atoms with Gasteiger partial charge in [-0.2, -0.15) is 0 Å². The summed E-state index contributed by atoms with van der Waals surface area (Å²) in [5.41, 5.74) is 0. The van der Waals surface area contributed by atoms with Crippen molar-refractivity contribution >= 4 is 58.5 Å². The van der Waals surface area contributed by atoms with Crippen LogP contribution in [0.3, 0.4) is 0 Å². The Hall–Kier alpha value is -4.58. The molecular weight excluding hydrogens is 560 g/mol. The van der Waals surface area contributed by atoms with Crippen LogP contribution in [0.2, 0.25) is 0 Å². The van der Waals surface area contributed by atoms with E-state index >= 15 is 0 Å². The molecule has 208 valence electrons.